The van der Waals surface area contributed by atoms with Crippen LogP contribution in [0.15, 0.2) is 54.6 Å². The van der Waals surface area contributed by atoms with Gasteiger partial charge in [0.05, 0.1) is 0 Å². The first-order chi connectivity index (χ1) is 11.1. The van der Waals surface area contributed by atoms with Gasteiger partial charge in [0.2, 0.25) is 0 Å². The molecule has 0 radical (unpaired) electrons. The molecular formula is C20H25NO2. The number of carbonyl (C=O) groups excluding carboxylic acids is 1. The molecule has 1 N–H and O–H groups in total. The van der Waals surface area contributed by atoms with Crippen molar-refractivity contribution in [3.8, 4) is 5.75 Å². The molecule has 0 bridgehead atoms. The van der Waals surface area contributed by atoms with E-state index in [0.717, 1.165) is 11.3 Å². The summed E-state index contributed by atoms with van der Waals surface area (Å²) in [7, 11) is 0. The van der Waals surface area contributed by atoms with E-state index in [9.17, 15) is 4.79 Å². The summed E-state index contributed by atoms with van der Waals surface area (Å²) in [6, 6.07) is 18.0. The molecule has 0 aromatic heterocycles. The van der Waals surface area contributed by atoms with Crippen molar-refractivity contribution in [2.45, 2.75) is 39.2 Å². The van der Waals surface area contributed by atoms with Crippen LogP contribution < -0.4 is 10.1 Å². The minimum atomic E-state index is -0.459. The van der Waals surface area contributed by atoms with Gasteiger partial charge in [0.1, 0.15) is 5.75 Å². The van der Waals surface area contributed by atoms with Gasteiger partial charge in [-0.2, -0.15) is 0 Å². The summed E-state index contributed by atoms with van der Waals surface area (Å²) < 4.78 is 5.83. The van der Waals surface area contributed by atoms with Crippen molar-refractivity contribution in [3.63, 3.8) is 0 Å². The molecule has 0 aliphatic rings. The van der Waals surface area contributed by atoms with Crippen LogP contribution in [0, 0.1) is 6.92 Å². The molecule has 0 fully saturated rings. The van der Waals surface area contributed by atoms with E-state index in [-0.39, 0.29) is 11.8 Å². The highest BCUT2D eigenvalue weighted by Crippen LogP contribution is 2.16. The minimum absolute atomic E-state index is 0.0585. The second-order valence-electron chi connectivity index (χ2n) is 5.89. The number of hydrogen-bond acceptors (Lipinski definition) is 2. The van der Waals surface area contributed by atoms with Crippen molar-refractivity contribution >= 4 is 5.91 Å². The smallest absolute Gasteiger partial charge is 0.261 e. The zero-order valence-electron chi connectivity index (χ0n) is 14.1. The van der Waals surface area contributed by atoms with Gasteiger partial charge in [0, 0.05) is 6.54 Å². The lowest BCUT2D eigenvalue weighted by Crippen LogP contribution is -2.39. The van der Waals surface area contributed by atoms with Crippen molar-refractivity contribution in [1.82, 2.24) is 5.32 Å². The lowest BCUT2D eigenvalue weighted by Gasteiger charge is -2.19. The molecule has 2 unspecified atom stereocenters. The third kappa shape index (κ3) is 5.13. The molecule has 0 heterocycles. The molecule has 0 spiro atoms. The van der Waals surface area contributed by atoms with Crippen molar-refractivity contribution in [2.75, 3.05) is 6.54 Å². The van der Waals surface area contributed by atoms with Crippen LogP contribution >= 0.6 is 0 Å². The Morgan fingerprint density at radius 1 is 1.13 bits per heavy atom. The second-order valence-corrected chi connectivity index (χ2v) is 5.89. The number of ether oxygens (including phenoxy) is 1. The van der Waals surface area contributed by atoms with E-state index in [1.54, 1.807) is 0 Å². The molecule has 0 saturated carbocycles. The Kier molecular flexibility index (Phi) is 6.21. The standard InChI is InChI=1S/C20H25NO2/c1-4-19(23-18-12-8-9-15(2)13-18)20(22)21-14-16(3)17-10-6-5-7-11-17/h5-13,16,19H,4,14H2,1-3H3,(H,21,22). The maximum atomic E-state index is 12.4. The second kappa shape index (κ2) is 8.37. The maximum absolute atomic E-state index is 12.4. The fraction of sp³-hybridized carbons (Fsp3) is 0.350. The summed E-state index contributed by atoms with van der Waals surface area (Å²) in [5, 5.41) is 3.00. The Balaban J connectivity index is 1.90. The third-order valence-electron chi connectivity index (χ3n) is 3.88. The number of amides is 1. The molecule has 3 nitrogen and oxygen atoms in total. The molecule has 2 rings (SSSR count). The Labute approximate surface area is 138 Å². The van der Waals surface area contributed by atoms with Crippen molar-refractivity contribution in [3.05, 3.63) is 65.7 Å². The Bertz CT molecular complexity index is 625. The van der Waals surface area contributed by atoms with Crippen LogP contribution in [0.4, 0.5) is 0 Å². The van der Waals surface area contributed by atoms with Gasteiger partial charge in [-0.25, -0.2) is 0 Å². The van der Waals surface area contributed by atoms with Crippen molar-refractivity contribution in [2.24, 2.45) is 0 Å². The quantitative estimate of drug-likeness (QED) is 0.837. The predicted octanol–water partition coefficient (Wildman–Crippen LogP) is 4.07. The Morgan fingerprint density at radius 3 is 2.52 bits per heavy atom. The molecule has 2 aromatic carbocycles. The van der Waals surface area contributed by atoms with Crippen molar-refractivity contribution < 1.29 is 9.53 Å². The Morgan fingerprint density at radius 2 is 1.87 bits per heavy atom. The number of nitrogens with one attached hydrogen (secondary N) is 1. The molecule has 2 aromatic rings. The molecule has 0 aliphatic heterocycles. The van der Waals surface area contributed by atoms with E-state index in [0.29, 0.717) is 13.0 Å². The zero-order chi connectivity index (χ0) is 16.7. The van der Waals surface area contributed by atoms with Crippen LogP contribution in [0.25, 0.3) is 0 Å². The zero-order valence-corrected chi connectivity index (χ0v) is 14.1. The van der Waals surface area contributed by atoms with Crippen molar-refractivity contribution in [1.29, 1.82) is 0 Å². The average Bonchev–Trinajstić information content (AvgIpc) is 2.58. The van der Waals surface area contributed by atoms with Crippen LogP contribution in [-0.4, -0.2) is 18.6 Å². The number of benzene rings is 2. The van der Waals surface area contributed by atoms with Crippen LogP contribution in [0.3, 0.4) is 0 Å². The lowest BCUT2D eigenvalue weighted by atomic mass is 10.0. The van der Waals surface area contributed by atoms with Crippen LogP contribution in [0.1, 0.15) is 37.3 Å². The maximum Gasteiger partial charge on any atom is 0.261 e. The summed E-state index contributed by atoms with van der Waals surface area (Å²) in [4.78, 5) is 12.4. The molecule has 122 valence electrons. The van der Waals surface area contributed by atoms with E-state index in [2.05, 4.69) is 24.4 Å². The highest BCUT2D eigenvalue weighted by Gasteiger charge is 2.19. The summed E-state index contributed by atoms with van der Waals surface area (Å²) in [5.41, 5.74) is 2.34. The van der Waals surface area contributed by atoms with Gasteiger partial charge >= 0.3 is 0 Å². The normalized spacial score (nSPS) is 13.2. The van der Waals surface area contributed by atoms with Gasteiger partial charge in [-0.3, -0.25) is 4.79 Å². The summed E-state index contributed by atoms with van der Waals surface area (Å²) in [6.07, 6.45) is 0.180. The monoisotopic (exact) mass is 311 g/mol. The summed E-state index contributed by atoms with van der Waals surface area (Å²) >= 11 is 0. The van der Waals surface area contributed by atoms with Crippen LogP contribution in [0.2, 0.25) is 0 Å². The van der Waals surface area contributed by atoms with E-state index >= 15 is 0 Å². The summed E-state index contributed by atoms with van der Waals surface area (Å²) in [6.45, 7) is 6.69. The number of hydrogen-bond donors (Lipinski definition) is 1. The fourth-order valence-electron chi connectivity index (χ4n) is 2.44. The number of carbonyl (C=O) groups is 1. The van der Waals surface area contributed by atoms with Crippen LogP contribution in [0.5, 0.6) is 5.75 Å². The third-order valence-corrected chi connectivity index (χ3v) is 3.88. The highest BCUT2D eigenvalue weighted by molar-refractivity contribution is 5.81. The Hall–Kier alpha value is -2.29. The SMILES string of the molecule is CCC(Oc1cccc(C)c1)C(=O)NCC(C)c1ccccc1. The molecule has 3 heteroatoms. The van der Waals surface area contributed by atoms with E-state index in [1.165, 1.54) is 5.56 Å². The van der Waals surface area contributed by atoms with E-state index in [4.69, 9.17) is 4.74 Å². The molecule has 23 heavy (non-hydrogen) atoms. The molecule has 1 amide bonds. The topological polar surface area (TPSA) is 38.3 Å². The predicted molar refractivity (Wildman–Crippen MR) is 93.8 cm³/mol. The van der Waals surface area contributed by atoms with Crippen LogP contribution in [-0.2, 0) is 4.79 Å². The number of rotatable bonds is 7. The van der Waals surface area contributed by atoms with Gasteiger partial charge in [-0.15, -0.1) is 0 Å². The lowest BCUT2D eigenvalue weighted by molar-refractivity contribution is -0.128. The minimum Gasteiger partial charge on any atom is -0.481 e. The fourth-order valence-corrected chi connectivity index (χ4v) is 2.44. The van der Waals surface area contributed by atoms with Gasteiger partial charge < -0.3 is 10.1 Å². The first-order valence-electron chi connectivity index (χ1n) is 8.16. The molecular weight excluding hydrogens is 286 g/mol. The first-order valence-corrected chi connectivity index (χ1v) is 8.16. The molecule has 0 saturated heterocycles. The molecule has 0 aliphatic carbocycles. The van der Waals surface area contributed by atoms with Gasteiger partial charge in [0.15, 0.2) is 6.10 Å². The molecule has 2 atom stereocenters. The van der Waals surface area contributed by atoms with Gasteiger partial charge in [-0.05, 0) is 42.5 Å². The first kappa shape index (κ1) is 17.1. The average molecular weight is 311 g/mol. The highest BCUT2D eigenvalue weighted by atomic mass is 16.5. The van der Waals surface area contributed by atoms with Gasteiger partial charge in [-0.1, -0.05) is 56.3 Å². The number of aryl methyl sites for hydroxylation is 1. The van der Waals surface area contributed by atoms with E-state index < -0.39 is 6.10 Å². The largest absolute Gasteiger partial charge is 0.481 e. The summed E-state index contributed by atoms with van der Waals surface area (Å²) in [5.74, 6) is 0.955. The van der Waals surface area contributed by atoms with E-state index in [1.807, 2.05) is 56.3 Å². The van der Waals surface area contributed by atoms with Gasteiger partial charge in [0.25, 0.3) is 5.91 Å².